The van der Waals surface area contributed by atoms with Gasteiger partial charge in [-0.05, 0) is 15.9 Å². The molecule has 1 heterocycles. The SMILES string of the molecule is NCc1cnc(Br)c(C(F)F)c1Cl. The summed E-state index contributed by atoms with van der Waals surface area (Å²) in [7, 11) is 0. The van der Waals surface area contributed by atoms with Crippen LogP contribution >= 0.6 is 27.5 Å². The molecule has 1 aromatic heterocycles. The predicted molar refractivity (Wildman–Crippen MR) is 49.8 cm³/mol. The smallest absolute Gasteiger partial charge is 0.267 e. The molecule has 72 valence electrons. The Bertz CT molecular complexity index is 320. The molecule has 0 aliphatic heterocycles. The Morgan fingerprint density at radius 2 is 2.23 bits per heavy atom. The highest BCUT2D eigenvalue weighted by molar-refractivity contribution is 9.10. The van der Waals surface area contributed by atoms with Crippen LogP contribution in [0.4, 0.5) is 8.78 Å². The largest absolute Gasteiger partial charge is 0.326 e. The van der Waals surface area contributed by atoms with Gasteiger partial charge in [-0.1, -0.05) is 11.6 Å². The van der Waals surface area contributed by atoms with Crippen molar-refractivity contribution in [2.24, 2.45) is 5.73 Å². The lowest BCUT2D eigenvalue weighted by Crippen LogP contribution is -2.02. The standard InChI is InChI=1S/C7H6BrClF2N2/c8-6-4(7(10)11)5(9)3(1-12)2-13-6/h2,7H,1,12H2. The van der Waals surface area contributed by atoms with Crippen molar-refractivity contribution in [1.29, 1.82) is 0 Å². The maximum absolute atomic E-state index is 12.4. The van der Waals surface area contributed by atoms with E-state index < -0.39 is 6.43 Å². The summed E-state index contributed by atoms with van der Waals surface area (Å²) in [5.41, 5.74) is 5.40. The molecule has 0 aromatic carbocycles. The van der Waals surface area contributed by atoms with Crippen LogP contribution in [0.25, 0.3) is 0 Å². The summed E-state index contributed by atoms with van der Waals surface area (Å²) < 4.78 is 24.9. The van der Waals surface area contributed by atoms with Crippen LogP contribution in [-0.4, -0.2) is 4.98 Å². The maximum Gasteiger partial charge on any atom is 0.267 e. The number of alkyl halides is 2. The lowest BCUT2D eigenvalue weighted by Gasteiger charge is -2.08. The first-order valence-electron chi connectivity index (χ1n) is 3.39. The highest BCUT2D eigenvalue weighted by Crippen LogP contribution is 2.34. The van der Waals surface area contributed by atoms with Gasteiger partial charge in [0.05, 0.1) is 10.6 Å². The van der Waals surface area contributed by atoms with E-state index >= 15 is 0 Å². The van der Waals surface area contributed by atoms with E-state index in [4.69, 9.17) is 17.3 Å². The quantitative estimate of drug-likeness (QED) is 0.840. The van der Waals surface area contributed by atoms with E-state index in [-0.39, 0.29) is 21.7 Å². The molecule has 0 fully saturated rings. The molecule has 0 bridgehead atoms. The second-order valence-corrected chi connectivity index (χ2v) is 3.44. The van der Waals surface area contributed by atoms with Gasteiger partial charge in [-0.15, -0.1) is 0 Å². The molecule has 0 saturated carbocycles. The van der Waals surface area contributed by atoms with Crippen LogP contribution in [0.3, 0.4) is 0 Å². The fraction of sp³-hybridized carbons (Fsp3) is 0.286. The van der Waals surface area contributed by atoms with Crippen molar-refractivity contribution >= 4 is 27.5 Å². The van der Waals surface area contributed by atoms with Crippen LogP contribution in [0.15, 0.2) is 10.8 Å². The molecular weight excluding hydrogens is 265 g/mol. The number of nitrogens with two attached hydrogens (primary N) is 1. The number of nitrogens with zero attached hydrogens (tertiary/aromatic N) is 1. The minimum atomic E-state index is -2.65. The van der Waals surface area contributed by atoms with E-state index in [0.29, 0.717) is 5.56 Å². The Balaban J connectivity index is 3.30. The third-order valence-corrected chi connectivity index (χ3v) is 2.59. The number of pyridine rings is 1. The molecule has 2 N–H and O–H groups in total. The first-order valence-corrected chi connectivity index (χ1v) is 4.56. The zero-order valence-electron chi connectivity index (χ0n) is 6.40. The van der Waals surface area contributed by atoms with Crippen molar-refractivity contribution in [3.63, 3.8) is 0 Å². The molecule has 0 aliphatic carbocycles. The van der Waals surface area contributed by atoms with Crippen LogP contribution in [0.1, 0.15) is 17.6 Å². The zero-order chi connectivity index (χ0) is 10.0. The van der Waals surface area contributed by atoms with Crippen LogP contribution in [-0.2, 0) is 6.54 Å². The molecule has 6 heteroatoms. The van der Waals surface area contributed by atoms with E-state index in [1.807, 2.05) is 0 Å². The fourth-order valence-corrected chi connectivity index (χ4v) is 1.74. The molecule has 0 spiro atoms. The summed E-state index contributed by atoms with van der Waals surface area (Å²) in [6.45, 7) is 0.0961. The molecule has 0 aliphatic rings. The van der Waals surface area contributed by atoms with Gasteiger partial charge < -0.3 is 5.73 Å². The van der Waals surface area contributed by atoms with E-state index in [1.165, 1.54) is 6.20 Å². The Morgan fingerprint density at radius 1 is 1.62 bits per heavy atom. The Hall–Kier alpha value is -0.260. The fourth-order valence-electron chi connectivity index (χ4n) is 0.852. The van der Waals surface area contributed by atoms with Crippen molar-refractivity contribution in [1.82, 2.24) is 4.98 Å². The van der Waals surface area contributed by atoms with Gasteiger partial charge in [-0.25, -0.2) is 13.8 Å². The number of aromatic nitrogens is 1. The third-order valence-electron chi connectivity index (χ3n) is 1.51. The normalized spacial score (nSPS) is 10.9. The summed E-state index contributed by atoms with van der Waals surface area (Å²) in [5.74, 6) is 0. The molecule has 0 atom stereocenters. The van der Waals surface area contributed by atoms with Gasteiger partial charge in [0.1, 0.15) is 4.60 Å². The minimum absolute atomic E-state index is 0.0145. The highest BCUT2D eigenvalue weighted by atomic mass is 79.9. The van der Waals surface area contributed by atoms with Crippen molar-refractivity contribution in [2.75, 3.05) is 0 Å². The second kappa shape index (κ2) is 4.30. The molecule has 1 aromatic rings. The number of halogens is 4. The first kappa shape index (κ1) is 10.8. The Kier molecular flexibility index (Phi) is 3.58. The Labute approximate surface area is 87.2 Å². The topological polar surface area (TPSA) is 38.9 Å². The van der Waals surface area contributed by atoms with E-state index in [0.717, 1.165) is 0 Å². The average Bonchev–Trinajstić information content (AvgIpc) is 2.04. The summed E-state index contributed by atoms with van der Waals surface area (Å²) in [6.07, 6.45) is -1.28. The Morgan fingerprint density at radius 3 is 2.69 bits per heavy atom. The van der Waals surface area contributed by atoms with Gasteiger partial charge in [-0.3, -0.25) is 0 Å². The molecule has 0 radical (unpaired) electrons. The molecule has 0 saturated heterocycles. The van der Waals surface area contributed by atoms with Crippen molar-refractivity contribution in [2.45, 2.75) is 13.0 Å². The average molecular weight is 271 g/mol. The molecule has 0 unspecified atom stereocenters. The lowest BCUT2D eigenvalue weighted by atomic mass is 10.2. The number of hydrogen-bond donors (Lipinski definition) is 1. The van der Waals surface area contributed by atoms with Gasteiger partial charge in [0.15, 0.2) is 0 Å². The summed E-state index contributed by atoms with van der Waals surface area (Å²) in [5, 5.41) is -0.0145. The molecule has 1 rings (SSSR count). The predicted octanol–water partition coefficient (Wildman–Crippen LogP) is 2.89. The maximum atomic E-state index is 12.4. The van der Waals surface area contributed by atoms with Gasteiger partial charge in [-0.2, -0.15) is 0 Å². The number of rotatable bonds is 2. The second-order valence-electron chi connectivity index (χ2n) is 2.31. The van der Waals surface area contributed by atoms with Gasteiger partial charge >= 0.3 is 0 Å². The van der Waals surface area contributed by atoms with Crippen molar-refractivity contribution in [3.05, 3.63) is 26.9 Å². The summed E-state index contributed by atoms with van der Waals surface area (Å²) in [6, 6.07) is 0. The van der Waals surface area contributed by atoms with E-state index in [2.05, 4.69) is 20.9 Å². The molecule has 13 heavy (non-hydrogen) atoms. The third kappa shape index (κ3) is 2.15. The van der Waals surface area contributed by atoms with Crippen LogP contribution < -0.4 is 5.73 Å². The van der Waals surface area contributed by atoms with Crippen molar-refractivity contribution in [3.8, 4) is 0 Å². The van der Waals surface area contributed by atoms with Gasteiger partial charge in [0.25, 0.3) is 6.43 Å². The lowest BCUT2D eigenvalue weighted by molar-refractivity contribution is 0.150. The van der Waals surface area contributed by atoms with E-state index in [1.54, 1.807) is 0 Å². The van der Waals surface area contributed by atoms with Crippen LogP contribution in [0.5, 0.6) is 0 Å². The van der Waals surface area contributed by atoms with Gasteiger partial charge in [0, 0.05) is 18.3 Å². The summed E-state index contributed by atoms with van der Waals surface area (Å²) >= 11 is 8.57. The minimum Gasteiger partial charge on any atom is -0.326 e. The number of hydrogen-bond acceptors (Lipinski definition) is 2. The van der Waals surface area contributed by atoms with Crippen LogP contribution in [0.2, 0.25) is 5.02 Å². The zero-order valence-corrected chi connectivity index (χ0v) is 8.74. The summed E-state index contributed by atoms with van der Waals surface area (Å²) in [4.78, 5) is 3.70. The highest BCUT2D eigenvalue weighted by Gasteiger charge is 2.19. The van der Waals surface area contributed by atoms with E-state index in [9.17, 15) is 8.78 Å². The van der Waals surface area contributed by atoms with Gasteiger partial charge in [0.2, 0.25) is 0 Å². The molecular formula is C7H6BrClF2N2. The molecule has 0 amide bonds. The monoisotopic (exact) mass is 270 g/mol. The molecule has 2 nitrogen and oxygen atoms in total. The first-order chi connectivity index (χ1) is 6.07. The van der Waals surface area contributed by atoms with Crippen molar-refractivity contribution < 1.29 is 8.78 Å². The van der Waals surface area contributed by atoms with Crippen LogP contribution in [0, 0.1) is 0 Å².